The fraction of sp³-hybridized carbons (Fsp3) is 0.273. The molecular weight excluding hydrogens is 395 g/mol. The van der Waals surface area contributed by atoms with Crippen LogP contribution in [-0.2, 0) is 11.0 Å². The minimum atomic E-state index is -4.42. The van der Waals surface area contributed by atoms with E-state index in [1.807, 2.05) is 0 Å². The minimum absolute atomic E-state index is 0.196. The van der Waals surface area contributed by atoms with Gasteiger partial charge in [-0.3, -0.25) is 9.59 Å². The van der Waals surface area contributed by atoms with Crippen molar-refractivity contribution < 1.29 is 22.8 Å². The number of nitrogens with one attached hydrogen (secondary N) is 2. The van der Waals surface area contributed by atoms with Gasteiger partial charge >= 0.3 is 6.18 Å². The Kier molecular flexibility index (Phi) is 6.44. The van der Waals surface area contributed by atoms with E-state index in [0.29, 0.717) is 35.7 Å². The molecule has 0 spiro atoms. The Hall–Kier alpha value is -3.29. The minimum Gasteiger partial charge on any atom is -0.355 e. The Labute approximate surface area is 172 Å². The van der Waals surface area contributed by atoms with Gasteiger partial charge in [0.1, 0.15) is 0 Å². The number of halogens is 3. The molecule has 2 aromatic rings. The highest BCUT2D eigenvalue weighted by molar-refractivity contribution is 6.04. The largest absolute Gasteiger partial charge is 0.416 e. The summed E-state index contributed by atoms with van der Waals surface area (Å²) in [4.78, 5) is 26.5. The van der Waals surface area contributed by atoms with Gasteiger partial charge in [-0.15, -0.1) is 0 Å². The second-order valence-corrected chi connectivity index (χ2v) is 7.01. The third kappa shape index (κ3) is 5.20. The van der Waals surface area contributed by atoms with Gasteiger partial charge in [-0.25, -0.2) is 0 Å². The highest BCUT2D eigenvalue weighted by Crippen LogP contribution is 2.31. The van der Waals surface area contributed by atoms with Crippen molar-refractivity contribution in [3.05, 3.63) is 66.2 Å². The standard InChI is InChI=1S/C22H22F3N3O2/c1-2-20(29)27-17-10-11-19(18(14-17)21(30)28-12-4-3-5-13-28)26-16-8-6-15(7-9-16)22(23,24)25/h2,6-11,14,26H,1,3-5,12-13H2,(H,27,29). The number of likely N-dealkylation sites (tertiary alicyclic amines) is 1. The zero-order valence-electron chi connectivity index (χ0n) is 16.3. The Morgan fingerprint density at radius 3 is 2.20 bits per heavy atom. The number of rotatable bonds is 5. The lowest BCUT2D eigenvalue weighted by molar-refractivity contribution is -0.137. The number of carbonyl (C=O) groups excluding carboxylic acids is 2. The van der Waals surface area contributed by atoms with Gasteiger partial charge in [0.05, 0.1) is 16.8 Å². The summed E-state index contributed by atoms with van der Waals surface area (Å²) in [5.41, 5.74) is 0.873. The van der Waals surface area contributed by atoms with Crippen LogP contribution in [0.1, 0.15) is 35.2 Å². The number of anilines is 3. The van der Waals surface area contributed by atoms with E-state index in [2.05, 4.69) is 17.2 Å². The van der Waals surface area contributed by atoms with Crippen LogP contribution in [0.5, 0.6) is 0 Å². The number of piperidine rings is 1. The molecule has 2 N–H and O–H groups in total. The van der Waals surface area contributed by atoms with Crippen LogP contribution in [0, 0.1) is 0 Å². The molecular formula is C22H22F3N3O2. The molecule has 1 heterocycles. The number of nitrogens with zero attached hydrogens (tertiary/aromatic N) is 1. The number of amides is 2. The number of hydrogen-bond acceptors (Lipinski definition) is 3. The first kappa shape index (κ1) is 21.4. The molecule has 5 nitrogen and oxygen atoms in total. The summed E-state index contributed by atoms with van der Waals surface area (Å²) in [6, 6.07) is 9.37. The van der Waals surface area contributed by atoms with Crippen LogP contribution in [0.4, 0.5) is 30.2 Å². The smallest absolute Gasteiger partial charge is 0.355 e. The molecule has 1 fully saturated rings. The first-order chi connectivity index (χ1) is 14.3. The van der Waals surface area contributed by atoms with Gasteiger partial charge in [0.2, 0.25) is 5.91 Å². The molecule has 0 atom stereocenters. The van der Waals surface area contributed by atoms with Crippen LogP contribution in [0.3, 0.4) is 0 Å². The fourth-order valence-corrected chi connectivity index (χ4v) is 3.27. The SMILES string of the molecule is C=CC(=O)Nc1ccc(Nc2ccc(C(F)(F)F)cc2)c(C(=O)N2CCCCC2)c1. The van der Waals surface area contributed by atoms with Crippen LogP contribution in [0.25, 0.3) is 0 Å². The number of carbonyl (C=O) groups is 2. The van der Waals surface area contributed by atoms with Gasteiger partial charge in [0.15, 0.2) is 0 Å². The molecule has 8 heteroatoms. The molecule has 0 unspecified atom stereocenters. The van der Waals surface area contributed by atoms with E-state index in [1.165, 1.54) is 12.1 Å². The molecule has 158 valence electrons. The lowest BCUT2D eigenvalue weighted by Gasteiger charge is -2.28. The highest BCUT2D eigenvalue weighted by atomic mass is 19.4. The van der Waals surface area contributed by atoms with Crippen LogP contribution < -0.4 is 10.6 Å². The Morgan fingerprint density at radius 2 is 1.60 bits per heavy atom. The maximum atomic E-state index is 13.1. The highest BCUT2D eigenvalue weighted by Gasteiger charge is 2.30. The van der Waals surface area contributed by atoms with Crippen molar-refractivity contribution in [2.75, 3.05) is 23.7 Å². The van der Waals surface area contributed by atoms with Crippen LogP contribution >= 0.6 is 0 Å². The first-order valence-corrected chi connectivity index (χ1v) is 9.59. The van der Waals surface area contributed by atoms with Gasteiger partial charge in [0, 0.05) is 24.5 Å². The normalized spacial score (nSPS) is 14.2. The Balaban J connectivity index is 1.90. The average Bonchev–Trinajstić information content (AvgIpc) is 2.74. The third-order valence-electron chi connectivity index (χ3n) is 4.84. The molecule has 0 bridgehead atoms. The Morgan fingerprint density at radius 1 is 0.967 bits per heavy atom. The number of hydrogen-bond donors (Lipinski definition) is 2. The Bertz CT molecular complexity index is 934. The molecule has 0 aliphatic carbocycles. The van der Waals surface area contributed by atoms with Crippen LogP contribution in [0.2, 0.25) is 0 Å². The topological polar surface area (TPSA) is 61.4 Å². The summed E-state index contributed by atoms with van der Waals surface area (Å²) in [7, 11) is 0. The average molecular weight is 417 g/mol. The van der Waals surface area contributed by atoms with E-state index < -0.39 is 17.6 Å². The molecule has 2 amide bonds. The molecule has 0 saturated carbocycles. The van der Waals surface area contributed by atoms with Gasteiger partial charge < -0.3 is 15.5 Å². The summed E-state index contributed by atoms with van der Waals surface area (Å²) in [5.74, 6) is -0.603. The van der Waals surface area contributed by atoms with Crippen molar-refractivity contribution >= 4 is 28.9 Å². The molecule has 1 aliphatic rings. The van der Waals surface area contributed by atoms with Gasteiger partial charge in [-0.2, -0.15) is 13.2 Å². The van der Waals surface area contributed by atoms with Crippen molar-refractivity contribution in [1.29, 1.82) is 0 Å². The van der Waals surface area contributed by atoms with Crippen molar-refractivity contribution in [3.8, 4) is 0 Å². The van der Waals surface area contributed by atoms with Gasteiger partial charge in [0.25, 0.3) is 5.91 Å². The second-order valence-electron chi connectivity index (χ2n) is 7.01. The monoisotopic (exact) mass is 417 g/mol. The van der Waals surface area contributed by atoms with Crippen molar-refractivity contribution in [3.63, 3.8) is 0 Å². The zero-order valence-corrected chi connectivity index (χ0v) is 16.3. The summed E-state index contributed by atoms with van der Waals surface area (Å²) >= 11 is 0. The summed E-state index contributed by atoms with van der Waals surface area (Å²) in [6.07, 6.45) is -0.393. The molecule has 0 aromatic heterocycles. The van der Waals surface area contributed by atoms with E-state index in [-0.39, 0.29) is 5.91 Å². The van der Waals surface area contributed by atoms with E-state index in [0.717, 1.165) is 37.5 Å². The van der Waals surface area contributed by atoms with Crippen molar-refractivity contribution in [2.24, 2.45) is 0 Å². The molecule has 30 heavy (non-hydrogen) atoms. The summed E-state index contributed by atoms with van der Waals surface area (Å²) in [6.45, 7) is 4.69. The third-order valence-corrected chi connectivity index (χ3v) is 4.84. The van der Waals surface area contributed by atoms with Crippen LogP contribution in [0.15, 0.2) is 55.1 Å². The first-order valence-electron chi connectivity index (χ1n) is 9.59. The van der Waals surface area contributed by atoms with Crippen molar-refractivity contribution in [1.82, 2.24) is 4.90 Å². The lowest BCUT2D eigenvalue weighted by Crippen LogP contribution is -2.36. The van der Waals surface area contributed by atoms with Gasteiger partial charge in [-0.1, -0.05) is 6.58 Å². The van der Waals surface area contributed by atoms with E-state index in [4.69, 9.17) is 0 Å². The predicted molar refractivity (Wildman–Crippen MR) is 110 cm³/mol. The maximum absolute atomic E-state index is 13.1. The van der Waals surface area contributed by atoms with E-state index in [1.54, 1.807) is 23.1 Å². The second kappa shape index (κ2) is 9.02. The van der Waals surface area contributed by atoms with E-state index in [9.17, 15) is 22.8 Å². The molecule has 1 saturated heterocycles. The molecule has 3 rings (SSSR count). The molecule has 1 aliphatic heterocycles. The van der Waals surface area contributed by atoms with E-state index >= 15 is 0 Å². The maximum Gasteiger partial charge on any atom is 0.416 e. The number of alkyl halides is 3. The molecule has 2 aromatic carbocycles. The predicted octanol–water partition coefficient (Wildman–Crippen LogP) is 5.20. The fourth-order valence-electron chi connectivity index (χ4n) is 3.27. The molecule has 0 radical (unpaired) electrons. The van der Waals surface area contributed by atoms with Crippen LogP contribution in [-0.4, -0.2) is 29.8 Å². The summed E-state index contributed by atoms with van der Waals surface area (Å²) < 4.78 is 38.4. The number of benzene rings is 2. The quantitative estimate of drug-likeness (QED) is 0.658. The summed E-state index contributed by atoms with van der Waals surface area (Å²) in [5, 5.41) is 5.64. The van der Waals surface area contributed by atoms with Crippen molar-refractivity contribution in [2.45, 2.75) is 25.4 Å². The van der Waals surface area contributed by atoms with Gasteiger partial charge in [-0.05, 0) is 67.8 Å². The lowest BCUT2D eigenvalue weighted by atomic mass is 10.1. The zero-order chi connectivity index (χ0) is 21.7.